The molecule has 0 saturated carbocycles. The smallest absolute Gasteiger partial charge is 0.258 e. The minimum Gasteiger partial charge on any atom is -0.334 e. The molecule has 0 spiro atoms. The summed E-state index contributed by atoms with van der Waals surface area (Å²) in [5, 5.41) is 15.2. The van der Waals surface area contributed by atoms with E-state index >= 15 is 0 Å². The molecule has 0 fully saturated rings. The van der Waals surface area contributed by atoms with E-state index in [4.69, 9.17) is 4.52 Å². The van der Waals surface area contributed by atoms with Crippen LogP contribution in [0.25, 0.3) is 33.9 Å². The van der Waals surface area contributed by atoms with E-state index in [-0.39, 0.29) is 5.91 Å². The average molecular weight is 362 g/mol. The van der Waals surface area contributed by atoms with Crippen LogP contribution in [0.4, 0.5) is 5.69 Å². The van der Waals surface area contributed by atoms with Crippen LogP contribution in [0, 0.1) is 6.92 Å². The highest BCUT2D eigenvalue weighted by Gasteiger charge is 2.14. The first-order chi connectivity index (χ1) is 13.0. The Morgan fingerprint density at radius 2 is 2.00 bits per heavy atom. The lowest BCUT2D eigenvalue weighted by atomic mass is 10.1. The van der Waals surface area contributed by atoms with Crippen molar-refractivity contribution in [2.75, 3.05) is 5.32 Å². The zero-order chi connectivity index (χ0) is 19.0. The van der Waals surface area contributed by atoms with E-state index < -0.39 is 0 Å². The molecule has 1 amide bonds. The maximum absolute atomic E-state index is 11.4. The molecule has 27 heavy (non-hydrogen) atoms. The summed E-state index contributed by atoms with van der Waals surface area (Å²) in [6.07, 6.45) is 0. The Morgan fingerprint density at radius 1 is 1.19 bits per heavy atom. The van der Waals surface area contributed by atoms with Gasteiger partial charge in [0.25, 0.3) is 5.89 Å². The maximum atomic E-state index is 11.4. The Morgan fingerprint density at radius 3 is 2.78 bits per heavy atom. The molecule has 2 aromatic carbocycles. The standard InChI is InChI=1S/C19H18N6O2/c1-4-25-17-8-7-13(9-16(17)22-24-25)18-21-19(27-23-18)14-6-5-11(2)15(10-14)20-12(3)26/h5-10H,4H2,1-3H3,(H,20,26). The number of nitrogens with zero attached hydrogens (tertiary/aromatic N) is 5. The number of hydrogen-bond acceptors (Lipinski definition) is 6. The quantitative estimate of drug-likeness (QED) is 0.597. The predicted octanol–water partition coefficient (Wildman–Crippen LogP) is 3.44. The number of fused-ring (bicyclic) bond motifs is 1. The predicted molar refractivity (Wildman–Crippen MR) is 101 cm³/mol. The normalized spacial score (nSPS) is 11.1. The van der Waals surface area contributed by atoms with Gasteiger partial charge in [-0.3, -0.25) is 4.79 Å². The van der Waals surface area contributed by atoms with Crippen LogP contribution in [0.2, 0.25) is 0 Å². The van der Waals surface area contributed by atoms with Gasteiger partial charge in [0.15, 0.2) is 0 Å². The number of benzene rings is 2. The van der Waals surface area contributed by atoms with E-state index in [0.29, 0.717) is 11.7 Å². The Labute approximate surface area is 155 Å². The fraction of sp³-hybridized carbons (Fsp3) is 0.211. The lowest BCUT2D eigenvalue weighted by Gasteiger charge is -2.07. The average Bonchev–Trinajstić information content (AvgIpc) is 3.29. The van der Waals surface area contributed by atoms with E-state index in [9.17, 15) is 4.79 Å². The molecule has 0 saturated heterocycles. The number of aryl methyl sites for hydroxylation is 2. The summed E-state index contributed by atoms with van der Waals surface area (Å²) in [5.41, 5.74) is 4.96. The number of amides is 1. The van der Waals surface area contributed by atoms with Gasteiger partial charge >= 0.3 is 0 Å². The SMILES string of the molecule is CCn1nnc2cc(-c3noc(-c4ccc(C)c(NC(C)=O)c4)n3)ccc21. The number of nitrogens with one attached hydrogen (secondary N) is 1. The third kappa shape index (κ3) is 3.17. The maximum Gasteiger partial charge on any atom is 0.258 e. The molecule has 0 atom stereocenters. The van der Waals surface area contributed by atoms with Crippen LogP contribution in [0.15, 0.2) is 40.9 Å². The van der Waals surface area contributed by atoms with Crippen molar-refractivity contribution in [3.63, 3.8) is 0 Å². The van der Waals surface area contributed by atoms with Crippen LogP contribution in [0.5, 0.6) is 0 Å². The summed E-state index contributed by atoms with van der Waals surface area (Å²) in [4.78, 5) is 15.8. The second-order valence-corrected chi connectivity index (χ2v) is 6.24. The first-order valence-corrected chi connectivity index (χ1v) is 8.61. The molecule has 0 bridgehead atoms. The number of carbonyl (C=O) groups is 1. The number of rotatable bonds is 4. The van der Waals surface area contributed by atoms with Gasteiger partial charge in [0, 0.05) is 30.3 Å². The van der Waals surface area contributed by atoms with E-state index in [2.05, 4.69) is 25.8 Å². The van der Waals surface area contributed by atoms with Crippen LogP contribution in [0.1, 0.15) is 19.4 Å². The van der Waals surface area contributed by atoms with Crippen molar-refractivity contribution in [1.29, 1.82) is 0 Å². The molecule has 4 aromatic rings. The molecule has 2 aromatic heterocycles. The Kier molecular flexibility index (Phi) is 4.15. The summed E-state index contributed by atoms with van der Waals surface area (Å²) >= 11 is 0. The summed E-state index contributed by atoms with van der Waals surface area (Å²) in [7, 11) is 0. The minimum absolute atomic E-state index is 0.130. The molecule has 8 nitrogen and oxygen atoms in total. The fourth-order valence-electron chi connectivity index (χ4n) is 2.88. The highest BCUT2D eigenvalue weighted by molar-refractivity contribution is 5.90. The largest absolute Gasteiger partial charge is 0.334 e. The molecule has 0 aliphatic rings. The van der Waals surface area contributed by atoms with Gasteiger partial charge in [-0.25, -0.2) is 4.68 Å². The van der Waals surface area contributed by atoms with Gasteiger partial charge in [0.2, 0.25) is 11.7 Å². The summed E-state index contributed by atoms with van der Waals surface area (Å²) in [6, 6.07) is 11.4. The molecule has 1 N–H and O–H groups in total. The lowest BCUT2D eigenvalue weighted by Crippen LogP contribution is -2.07. The molecule has 4 rings (SSSR count). The molecule has 0 aliphatic carbocycles. The van der Waals surface area contributed by atoms with Crippen molar-refractivity contribution in [3.8, 4) is 22.8 Å². The second kappa shape index (κ2) is 6.64. The van der Waals surface area contributed by atoms with Crippen molar-refractivity contribution in [1.82, 2.24) is 25.1 Å². The van der Waals surface area contributed by atoms with E-state index in [0.717, 1.165) is 40.0 Å². The first kappa shape index (κ1) is 16.9. The topological polar surface area (TPSA) is 98.7 Å². The number of carbonyl (C=O) groups excluding carboxylic acids is 1. The van der Waals surface area contributed by atoms with Crippen LogP contribution >= 0.6 is 0 Å². The molecule has 8 heteroatoms. The third-order valence-corrected chi connectivity index (χ3v) is 4.29. The van der Waals surface area contributed by atoms with Gasteiger partial charge in [-0.15, -0.1) is 5.10 Å². The van der Waals surface area contributed by atoms with Gasteiger partial charge in [0.05, 0.1) is 5.52 Å². The molecular weight excluding hydrogens is 344 g/mol. The van der Waals surface area contributed by atoms with Crippen LogP contribution in [-0.2, 0) is 11.3 Å². The summed E-state index contributed by atoms with van der Waals surface area (Å²) < 4.78 is 7.26. The Bertz CT molecular complexity index is 1140. The zero-order valence-corrected chi connectivity index (χ0v) is 15.2. The number of aromatic nitrogens is 5. The minimum atomic E-state index is -0.130. The van der Waals surface area contributed by atoms with Crippen molar-refractivity contribution in [3.05, 3.63) is 42.0 Å². The van der Waals surface area contributed by atoms with Gasteiger partial charge in [-0.1, -0.05) is 16.4 Å². The molecule has 2 heterocycles. The second-order valence-electron chi connectivity index (χ2n) is 6.24. The van der Waals surface area contributed by atoms with Gasteiger partial charge in [-0.2, -0.15) is 4.98 Å². The van der Waals surface area contributed by atoms with Crippen molar-refractivity contribution < 1.29 is 9.32 Å². The third-order valence-electron chi connectivity index (χ3n) is 4.29. The Hall–Kier alpha value is -3.55. The van der Waals surface area contributed by atoms with E-state index in [1.807, 2.05) is 54.9 Å². The van der Waals surface area contributed by atoms with Crippen LogP contribution in [-0.4, -0.2) is 31.0 Å². The zero-order valence-electron chi connectivity index (χ0n) is 15.2. The highest BCUT2D eigenvalue weighted by atomic mass is 16.5. The summed E-state index contributed by atoms with van der Waals surface area (Å²) in [5.74, 6) is 0.725. The van der Waals surface area contributed by atoms with Gasteiger partial charge < -0.3 is 9.84 Å². The monoisotopic (exact) mass is 362 g/mol. The lowest BCUT2D eigenvalue weighted by molar-refractivity contribution is -0.114. The molecule has 0 radical (unpaired) electrons. The molecule has 0 aliphatic heterocycles. The first-order valence-electron chi connectivity index (χ1n) is 8.61. The van der Waals surface area contributed by atoms with Gasteiger partial charge in [-0.05, 0) is 49.7 Å². The van der Waals surface area contributed by atoms with Crippen LogP contribution in [0.3, 0.4) is 0 Å². The van der Waals surface area contributed by atoms with Crippen molar-refractivity contribution in [2.24, 2.45) is 0 Å². The molecular formula is C19H18N6O2. The molecule has 0 unspecified atom stereocenters. The van der Waals surface area contributed by atoms with E-state index in [1.54, 1.807) is 0 Å². The van der Waals surface area contributed by atoms with Gasteiger partial charge in [0.1, 0.15) is 5.52 Å². The fourth-order valence-corrected chi connectivity index (χ4v) is 2.88. The van der Waals surface area contributed by atoms with E-state index in [1.165, 1.54) is 6.92 Å². The van der Waals surface area contributed by atoms with Crippen LogP contribution < -0.4 is 5.32 Å². The molecule has 136 valence electrons. The number of anilines is 1. The highest BCUT2D eigenvalue weighted by Crippen LogP contribution is 2.27. The Balaban J connectivity index is 1.68. The van der Waals surface area contributed by atoms with Crippen molar-refractivity contribution >= 4 is 22.6 Å². The van der Waals surface area contributed by atoms with Crippen molar-refractivity contribution in [2.45, 2.75) is 27.3 Å². The number of hydrogen-bond donors (Lipinski definition) is 1. The summed E-state index contributed by atoms with van der Waals surface area (Å²) in [6.45, 7) is 6.17.